The van der Waals surface area contributed by atoms with Crippen LogP contribution in [0.2, 0.25) is 0 Å². The Balaban J connectivity index is 1.96. The van der Waals surface area contributed by atoms with Gasteiger partial charge in [-0.3, -0.25) is 0 Å². The number of hydrogen-bond donors (Lipinski definition) is 1. The molecule has 1 atom stereocenters. The molecule has 0 spiro atoms. The van der Waals surface area contributed by atoms with Crippen LogP contribution in [0.4, 0.5) is 5.82 Å². The molecule has 2 heterocycles. The van der Waals surface area contributed by atoms with Crippen LogP contribution in [0.3, 0.4) is 0 Å². The van der Waals surface area contributed by atoms with Gasteiger partial charge in [-0.25, -0.2) is 4.98 Å². The molecule has 0 bridgehead atoms. The molecule has 16 heavy (non-hydrogen) atoms. The van der Waals surface area contributed by atoms with E-state index in [0.717, 1.165) is 25.2 Å². The van der Waals surface area contributed by atoms with Gasteiger partial charge in [0, 0.05) is 28.2 Å². The fourth-order valence-electron chi connectivity index (χ4n) is 1.63. The Morgan fingerprint density at radius 1 is 1.50 bits per heavy atom. The molecule has 0 amide bonds. The molecule has 2 nitrogen and oxygen atoms in total. The summed E-state index contributed by atoms with van der Waals surface area (Å²) in [4.78, 5) is 4.36. The topological polar surface area (TPSA) is 24.9 Å². The molecule has 0 aliphatic heterocycles. The Kier molecular flexibility index (Phi) is 4.02. The van der Waals surface area contributed by atoms with E-state index in [1.807, 2.05) is 19.2 Å². The van der Waals surface area contributed by atoms with Crippen LogP contribution < -0.4 is 5.32 Å². The predicted octanol–water partition coefficient (Wildman–Crippen LogP) is 4.12. The van der Waals surface area contributed by atoms with Gasteiger partial charge in [0.05, 0.1) is 0 Å². The number of fused-ring (bicyclic) bond motifs is 1. The zero-order chi connectivity index (χ0) is 11.4. The lowest BCUT2D eigenvalue weighted by atomic mass is 10.2. The standard InChI is InChI=1S/C12H15ClN2S/c1-9(13)3-2-6-14-12-10-5-8-16-11(10)4-7-15-12/h4-5,7-9H,2-3,6H2,1H3,(H,14,15). The van der Waals surface area contributed by atoms with Crippen molar-refractivity contribution in [3.05, 3.63) is 23.7 Å². The highest BCUT2D eigenvalue weighted by Crippen LogP contribution is 2.25. The van der Waals surface area contributed by atoms with Crippen molar-refractivity contribution >= 4 is 38.8 Å². The van der Waals surface area contributed by atoms with Crippen LogP contribution >= 0.6 is 22.9 Å². The van der Waals surface area contributed by atoms with Gasteiger partial charge in [0.1, 0.15) is 5.82 Å². The van der Waals surface area contributed by atoms with Gasteiger partial charge in [-0.15, -0.1) is 22.9 Å². The van der Waals surface area contributed by atoms with E-state index < -0.39 is 0 Å². The molecule has 0 saturated heterocycles. The summed E-state index contributed by atoms with van der Waals surface area (Å²) in [7, 11) is 0. The fraction of sp³-hybridized carbons (Fsp3) is 0.417. The van der Waals surface area contributed by atoms with E-state index in [0.29, 0.717) is 0 Å². The summed E-state index contributed by atoms with van der Waals surface area (Å²) in [6, 6.07) is 4.16. The van der Waals surface area contributed by atoms with Crippen molar-refractivity contribution in [1.29, 1.82) is 0 Å². The molecule has 0 saturated carbocycles. The number of nitrogens with one attached hydrogen (secondary N) is 1. The quantitative estimate of drug-likeness (QED) is 0.641. The molecule has 1 N–H and O–H groups in total. The Bertz CT molecular complexity index is 453. The number of rotatable bonds is 5. The summed E-state index contributed by atoms with van der Waals surface area (Å²) < 4.78 is 1.28. The van der Waals surface area contributed by atoms with Gasteiger partial charge in [-0.2, -0.15) is 0 Å². The number of hydrogen-bond acceptors (Lipinski definition) is 3. The first-order valence-corrected chi connectivity index (χ1v) is 6.79. The Hall–Kier alpha value is -0.800. The molecule has 0 aliphatic carbocycles. The second-order valence-electron chi connectivity index (χ2n) is 3.84. The zero-order valence-electron chi connectivity index (χ0n) is 9.24. The highest BCUT2D eigenvalue weighted by atomic mass is 35.5. The van der Waals surface area contributed by atoms with Crippen molar-refractivity contribution in [1.82, 2.24) is 4.98 Å². The first-order chi connectivity index (χ1) is 7.77. The molecule has 0 aromatic carbocycles. The maximum Gasteiger partial charge on any atom is 0.134 e. The smallest absolute Gasteiger partial charge is 0.134 e. The third kappa shape index (κ3) is 2.86. The molecular formula is C12H15ClN2S. The minimum absolute atomic E-state index is 0.256. The third-order valence-electron chi connectivity index (χ3n) is 2.45. The summed E-state index contributed by atoms with van der Waals surface area (Å²) in [5.74, 6) is 0.987. The average Bonchev–Trinajstić information content (AvgIpc) is 2.72. The van der Waals surface area contributed by atoms with Crippen LogP contribution in [0.25, 0.3) is 10.1 Å². The molecule has 86 valence electrons. The molecule has 0 radical (unpaired) electrons. The highest BCUT2D eigenvalue weighted by Gasteiger charge is 2.02. The van der Waals surface area contributed by atoms with Gasteiger partial charge in [0.25, 0.3) is 0 Å². The van der Waals surface area contributed by atoms with E-state index in [-0.39, 0.29) is 5.38 Å². The largest absolute Gasteiger partial charge is 0.370 e. The molecule has 0 fully saturated rings. The second kappa shape index (κ2) is 5.51. The Morgan fingerprint density at radius 3 is 3.19 bits per heavy atom. The van der Waals surface area contributed by atoms with Gasteiger partial charge < -0.3 is 5.32 Å². The van der Waals surface area contributed by atoms with E-state index in [2.05, 4.69) is 21.7 Å². The van der Waals surface area contributed by atoms with Gasteiger partial charge in [-0.1, -0.05) is 0 Å². The number of halogens is 1. The first kappa shape index (κ1) is 11.7. The normalized spacial score (nSPS) is 12.9. The van der Waals surface area contributed by atoms with Crippen molar-refractivity contribution in [3.63, 3.8) is 0 Å². The van der Waals surface area contributed by atoms with E-state index in [9.17, 15) is 0 Å². The van der Waals surface area contributed by atoms with Gasteiger partial charge >= 0.3 is 0 Å². The van der Waals surface area contributed by atoms with Crippen molar-refractivity contribution < 1.29 is 0 Å². The van der Waals surface area contributed by atoms with Crippen LogP contribution in [0.15, 0.2) is 23.7 Å². The number of alkyl halides is 1. The second-order valence-corrected chi connectivity index (χ2v) is 5.53. The van der Waals surface area contributed by atoms with Gasteiger partial charge in [-0.05, 0) is 37.3 Å². The summed E-state index contributed by atoms with van der Waals surface area (Å²) in [6.07, 6.45) is 3.96. The summed E-state index contributed by atoms with van der Waals surface area (Å²) in [6.45, 7) is 2.96. The summed E-state index contributed by atoms with van der Waals surface area (Å²) in [5, 5.41) is 6.93. The molecule has 1 unspecified atom stereocenters. The average molecular weight is 255 g/mol. The van der Waals surface area contributed by atoms with Crippen LogP contribution in [-0.4, -0.2) is 16.9 Å². The molecular weight excluding hydrogens is 240 g/mol. The molecule has 2 aromatic rings. The SMILES string of the molecule is CC(Cl)CCCNc1nccc2sccc12. The summed E-state index contributed by atoms with van der Waals surface area (Å²) in [5.41, 5.74) is 0. The van der Waals surface area contributed by atoms with Crippen LogP contribution in [-0.2, 0) is 0 Å². The maximum absolute atomic E-state index is 5.90. The fourth-order valence-corrected chi connectivity index (χ4v) is 2.56. The monoisotopic (exact) mass is 254 g/mol. The van der Waals surface area contributed by atoms with Crippen LogP contribution in [0.5, 0.6) is 0 Å². The summed E-state index contributed by atoms with van der Waals surface area (Å²) >= 11 is 7.64. The molecule has 2 rings (SSSR count). The third-order valence-corrected chi connectivity index (χ3v) is 3.55. The van der Waals surface area contributed by atoms with E-state index in [1.54, 1.807) is 11.3 Å². The number of aromatic nitrogens is 1. The number of pyridine rings is 1. The molecule has 4 heteroatoms. The molecule has 2 aromatic heterocycles. The lowest BCUT2D eigenvalue weighted by Gasteiger charge is -2.07. The van der Waals surface area contributed by atoms with Crippen LogP contribution in [0.1, 0.15) is 19.8 Å². The molecule has 0 aliphatic rings. The number of nitrogens with zero attached hydrogens (tertiary/aromatic N) is 1. The number of anilines is 1. The number of thiophene rings is 1. The lowest BCUT2D eigenvalue weighted by molar-refractivity contribution is 0.749. The van der Waals surface area contributed by atoms with Crippen molar-refractivity contribution in [2.24, 2.45) is 0 Å². The zero-order valence-corrected chi connectivity index (χ0v) is 10.8. The predicted molar refractivity (Wildman–Crippen MR) is 72.7 cm³/mol. The van der Waals surface area contributed by atoms with Crippen molar-refractivity contribution in [2.45, 2.75) is 25.1 Å². The maximum atomic E-state index is 5.90. The minimum atomic E-state index is 0.256. The van der Waals surface area contributed by atoms with E-state index in [4.69, 9.17) is 11.6 Å². The Morgan fingerprint density at radius 2 is 2.38 bits per heavy atom. The van der Waals surface area contributed by atoms with Crippen molar-refractivity contribution in [3.8, 4) is 0 Å². The van der Waals surface area contributed by atoms with E-state index in [1.165, 1.54) is 10.1 Å². The van der Waals surface area contributed by atoms with Crippen molar-refractivity contribution in [2.75, 3.05) is 11.9 Å². The lowest BCUT2D eigenvalue weighted by Crippen LogP contribution is -2.05. The van der Waals surface area contributed by atoms with Gasteiger partial charge in [0.2, 0.25) is 0 Å². The van der Waals surface area contributed by atoms with Gasteiger partial charge in [0.15, 0.2) is 0 Å². The van der Waals surface area contributed by atoms with Crippen LogP contribution in [0, 0.1) is 0 Å². The Labute approximate surface area is 105 Å². The minimum Gasteiger partial charge on any atom is -0.370 e. The van der Waals surface area contributed by atoms with E-state index >= 15 is 0 Å². The first-order valence-electron chi connectivity index (χ1n) is 5.47. The highest BCUT2D eigenvalue weighted by molar-refractivity contribution is 7.17.